The minimum Gasteiger partial charge on any atom is -0.375 e. The van der Waals surface area contributed by atoms with Gasteiger partial charge in [0.1, 0.15) is 5.82 Å². The number of nitrogens with zero attached hydrogens (tertiary/aromatic N) is 5. The largest absolute Gasteiger partial charge is 0.375 e. The van der Waals surface area contributed by atoms with E-state index >= 15 is 0 Å². The van der Waals surface area contributed by atoms with Gasteiger partial charge in [-0.15, -0.1) is 0 Å². The molecule has 6 nitrogen and oxygen atoms in total. The van der Waals surface area contributed by atoms with Crippen LogP contribution in [0.2, 0.25) is 5.02 Å². The monoisotopic (exact) mass is 375 g/mol. The molecule has 2 aromatic rings. The summed E-state index contributed by atoms with van der Waals surface area (Å²) in [6, 6.07) is 9.89. The number of ether oxygens (including phenoxy) is 1. The topological polar surface area (TPSA) is 44.7 Å². The maximum atomic E-state index is 5.99. The van der Waals surface area contributed by atoms with Crippen molar-refractivity contribution >= 4 is 23.4 Å². The molecule has 0 bridgehead atoms. The van der Waals surface area contributed by atoms with Crippen molar-refractivity contribution in [3.63, 3.8) is 0 Å². The second-order valence-corrected chi connectivity index (χ2v) is 7.11. The summed E-state index contributed by atoms with van der Waals surface area (Å²) >= 11 is 5.99. The first-order valence-corrected chi connectivity index (χ1v) is 9.20. The van der Waals surface area contributed by atoms with Crippen LogP contribution in [0, 0.1) is 0 Å². The Morgan fingerprint density at radius 1 is 1.12 bits per heavy atom. The van der Waals surface area contributed by atoms with Gasteiger partial charge < -0.3 is 14.5 Å². The van der Waals surface area contributed by atoms with Crippen LogP contribution >= 0.6 is 11.6 Å². The van der Waals surface area contributed by atoms with Crippen LogP contribution in [0.3, 0.4) is 0 Å². The van der Waals surface area contributed by atoms with E-state index in [9.17, 15) is 0 Å². The second-order valence-electron chi connectivity index (χ2n) is 6.67. The first-order chi connectivity index (χ1) is 12.6. The number of piperazine rings is 1. The quantitative estimate of drug-likeness (QED) is 0.773. The molecule has 0 N–H and O–H groups in total. The minimum atomic E-state index is 0.0539. The molecule has 0 amide bonds. The molecule has 1 unspecified atom stereocenters. The third kappa shape index (κ3) is 4.63. The molecule has 1 saturated heterocycles. The highest BCUT2D eigenvalue weighted by atomic mass is 35.5. The molecule has 1 aromatic carbocycles. The van der Waals surface area contributed by atoms with Gasteiger partial charge in [-0.05, 0) is 23.8 Å². The molecule has 1 aromatic heterocycles. The minimum absolute atomic E-state index is 0.0539. The Bertz CT molecular complexity index is 701. The van der Waals surface area contributed by atoms with Crippen LogP contribution < -0.4 is 9.80 Å². The van der Waals surface area contributed by atoms with Crippen LogP contribution in [0.1, 0.15) is 11.7 Å². The first-order valence-electron chi connectivity index (χ1n) is 8.83. The van der Waals surface area contributed by atoms with Gasteiger partial charge in [0.15, 0.2) is 0 Å². The van der Waals surface area contributed by atoms with Crippen molar-refractivity contribution in [2.45, 2.75) is 6.10 Å². The van der Waals surface area contributed by atoms with Crippen LogP contribution in [-0.2, 0) is 4.74 Å². The van der Waals surface area contributed by atoms with Crippen LogP contribution in [0.5, 0.6) is 0 Å². The zero-order chi connectivity index (χ0) is 18.5. The Morgan fingerprint density at radius 3 is 2.42 bits per heavy atom. The molecule has 3 rings (SSSR count). The van der Waals surface area contributed by atoms with Gasteiger partial charge in [0.05, 0.1) is 6.10 Å². The summed E-state index contributed by atoms with van der Waals surface area (Å²) in [5, 5.41) is 0.749. The second kappa shape index (κ2) is 8.66. The molecule has 2 heterocycles. The molecule has 1 aliphatic heterocycles. The molecule has 7 heteroatoms. The summed E-state index contributed by atoms with van der Waals surface area (Å²) in [4.78, 5) is 15.6. The zero-order valence-corrected chi connectivity index (χ0v) is 16.4. The van der Waals surface area contributed by atoms with E-state index < -0.39 is 0 Å². The molecule has 0 saturated carbocycles. The first kappa shape index (κ1) is 18.9. The fraction of sp³-hybridized carbons (Fsp3) is 0.474. The smallest absolute Gasteiger partial charge is 0.226 e. The lowest BCUT2D eigenvalue weighted by Crippen LogP contribution is -2.48. The predicted molar refractivity (Wildman–Crippen MR) is 106 cm³/mol. The maximum absolute atomic E-state index is 5.99. The number of aromatic nitrogens is 2. The lowest BCUT2D eigenvalue weighted by molar-refractivity contribution is 0.0615. The number of rotatable bonds is 6. The standard InChI is InChI=1S/C19H26ClN5O/c1-23(2)19-21-9-8-18(22-19)25-12-10-24(11-13-25)14-17(26-3)15-4-6-16(20)7-5-15/h4-9,17H,10-14H2,1-3H3. The molecule has 140 valence electrons. The molecule has 26 heavy (non-hydrogen) atoms. The number of halogens is 1. The number of hydrogen-bond acceptors (Lipinski definition) is 6. The van der Waals surface area contributed by atoms with E-state index in [-0.39, 0.29) is 6.10 Å². The van der Waals surface area contributed by atoms with Gasteiger partial charge in [-0.2, -0.15) is 4.98 Å². The summed E-state index contributed by atoms with van der Waals surface area (Å²) in [7, 11) is 5.68. The van der Waals surface area contributed by atoms with Gasteiger partial charge in [0, 0.05) is 65.1 Å². The molecule has 1 aliphatic rings. The highest BCUT2D eigenvalue weighted by Gasteiger charge is 2.22. The Balaban J connectivity index is 1.58. The van der Waals surface area contributed by atoms with Crippen molar-refractivity contribution in [3.8, 4) is 0 Å². The van der Waals surface area contributed by atoms with Crippen LogP contribution in [-0.4, -0.2) is 68.8 Å². The van der Waals surface area contributed by atoms with E-state index in [2.05, 4.69) is 19.8 Å². The van der Waals surface area contributed by atoms with Crippen LogP contribution in [0.25, 0.3) is 0 Å². The lowest BCUT2D eigenvalue weighted by Gasteiger charge is -2.37. The maximum Gasteiger partial charge on any atom is 0.226 e. The van der Waals surface area contributed by atoms with Crippen molar-refractivity contribution in [1.82, 2.24) is 14.9 Å². The number of anilines is 2. The van der Waals surface area contributed by atoms with Gasteiger partial charge in [-0.25, -0.2) is 4.98 Å². The number of benzene rings is 1. The number of methoxy groups -OCH3 is 1. The van der Waals surface area contributed by atoms with E-state index in [0.29, 0.717) is 0 Å². The van der Waals surface area contributed by atoms with Crippen molar-refractivity contribution in [2.24, 2.45) is 0 Å². The lowest BCUT2D eigenvalue weighted by atomic mass is 10.1. The van der Waals surface area contributed by atoms with Crippen molar-refractivity contribution in [3.05, 3.63) is 47.1 Å². The van der Waals surface area contributed by atoms with E-state index in [1.165, 1.54) is 0 Å². The Morgan fingerprint density at radius 2 is 1.81 bits per heavy atom. The molecular formula is C19H26ClN5O. The SMILES string of the molecule is COC(CN1CCN(c2ccnc(N(C)C)n2)CC1)c1ccc(Cl)cc1. The van der Waals surface area contributed by atoms with Crippen LogP contribution in [0.4, 0.5) is 11.8 Å². The van der Waals surface area contributed by atoms with Gasteiger partial charge in [-0.3, -0.25) is 4.90 Å². The third-order valence-corrected chi connectivity index (χ3v) is 4.93. The summed E-state index contributed by atoms with van der Waals surface area (Å²) < 4.78 is 5.71. The van der Waals surface area contributed by atoms with E-state index in [4.69, 9.17) is 16.3 Å². The summed E-state index contributed by atoms with van der Waals surface area (Å²) in [6.07, 6.45) is 1.88. The molecule has 0 spiro atoms. The van der Waals surface area contributed by atoms with Gasteiger partial charge in [0.2, 0.25) is 5.95 Å². The normalized spacial score (nSPS) is 16.5. The highest BCUT2D eigenvalue weighted by Crippen LogP contribution is 2.22. The molecule has 1 fully saturated rings. The average Bonchev–Trinajstić information content (AvgIpc) is 2.67. The fourth-order valence-electron chi connectivity index (χ4n) is 3.12. The summed E-state index contributed by atoms with van der Waals surface area (Å²) in [5.41, 5.74) is 1.16. The zero-order valence-electron chi connectivity index (χ0n) is 15.6. The molecule has 0 aliphatic carbocycles. The fourth-order valence-corrected chi connectivity index (χ4v) is 3.24. The van der Waals surface area contributed by atoms with E-state index in [0.717, 1.165) is 55.1 Å². The predicted octanol–water partition coefficient (Wildman–Crippen LogP) is 2.71. The van der Waals surface area contributed by atoms with Crippen molar-refractivity contribution in [2.75, 3.05) is 63.7 Å². The Hall–Kier alpha value is -1.89. The Labute approximate surface area is 160 Å². The average molecular weight is 376 g/mol. The van der Waals surface area contributed by atoms with Gasteiger partial charge in [0.25, 0.3) is 0 Å². The number of hydrogen-bond donors (Lipinski definition) is 0. The molecular weight excluding hydrogens is 350 g/mol. The van der Waals surface area contributed by atoms with Crippen LogP contribution in [0.15, 0.2) is 36.5 Å². The summed E-state index contributed by atoms with van der Waals surface area (Å²) in [6.45, 7) is 4.73. The molecule has 1 atom stereocenters. The Kier molecular flexibility index (Phi) is 6.29. The molecule has 0 radical (unpaired) electrons. The van der Waals surface area contributed by atoms with E-state index in [1.54, 1.807) is 7.11 Å². The third-order valence-electron chi connectivity index (χ3n) is 4.67. The van der Waals surface area contributed by atoms with Crippen molar-refractivity contribution in [1.29, 1.82) is 0 Å². The van der Waals surface area contributed by atoms with E-state index in [1.807, 2.05) is 55.5 Å². The highest BCUT2D eigenvalue weighted by molar-refractivity contribution is 6.30. The summed E-state index contributed by atoms with van der Waals surface area (Å²) in [5.74, 6) is 1.73. The van der Waals surface area contributed by atoms with Crippen molar-refractivity contribution < 1.29 is 4.74 Å². The van der Waals surface area contributed by atoms with Gasteiger partial charge >= 0.3 is 0 Å². The van der Waals surface area contributed by atoms with Gasteiger partial charge in [-0.1, -0.05) is 23.7 Å².